The molecule has 0 aromatic heterocycles. The van der Waals surface area contributed by atoms with Gasteiger partial charge in [0, 0.05) is 32.2 Å². The normalized spacial score (nSPS) is 37.5. The Kier molecular flexibility index (Phi) is 2.04. The van der Waals surface area contributed by atoms with Crippen molar-refractivity contribution in [3.63, 3.8) is 0 Å². The standard InChI is InChI=1S/C11H18N2O2/c1-11(7-15-8-11)10(14)13-5-4-12-3-2-9(13)6-12/h9H,2-8H2,1H3. The van der Waals surface area contributed by atoms with Gasteiger partial charge >= 0.3 is 0 Å². The minimum Gasteiger partial charge on any atom is -0.379 e. The van der Waals surface area contributed by atoms with Crippen LogP contribution in [0.3, 0.4) is 0 Å². The summed E-state index contributed by atoms with van der Waals surface area (Å²) < 4.78 is 5.17. The van der Waals surface area contributed by atoms with Crippen molar-refractivity contribution < 1.29 is 9.53 Å². The van der Waals surface area contributed by atoms with Gasteiger partial charge in [-0.05, 0) is 13.3 Å². The molecule has 15 heavy (non-hydrogen) atoms. The van der Waals surface area contributed by atoms with Crippen LogP contribution in [-0.4, -0.2) is 61.1 Å². The zero-order valence-corrected chi connectivity index (χ0v) is 9.24. The van der Waals surface area contributed by atoms with Crippen LogP contribution in [-0.2, 0) is 9.53 Å². The molecule has 0 aromatic rings. The summed E-state index contributed by atoms with van der Waals surface area (Å²) in [5.41, 5.74) is -0.217. The van der Waals surface area contributed by atoms with E-state index >= 15 is 0 Å². The summed E-state index contributed by atoms with van der Waals surface area (Å²) in [4.78, 5) is 16.9. The summed E-state index contributed by atoms with van der Waals surface area (Å²) in [6.45, 7) is 7.47. The van der Waals surface area contributed by atoms with Crippen LogP contribution in [0.1, 0.15) is 13.3 Å². The molecule has 84 valence electrons. The highest BCUT2D eigenvalue weighted by atomic mass is 16.5. The monoisotopic (exact) mass is 210 g/mol. The molecule has 0 saturated carbocycles. The third kappa shape index (κ3) is 1.39. The SMILES string of the molecule is CC1(C(=O)N2CCN3CCC2C3)COC1. The van der Waals surface area contributed by atoms with Crippen molar-refractivity contribution in [1.82, 2.24) is 9.80 Å². The van der Waals surface area contributed by atoms with E-state index in [1.165, 1.54) is 6.54 Å². The Labute approximate surface area is 90.2 Å². The molecule has 0 spiro atoms. The van der Waals surface area contributed by atoms with E-state index in [0.717, 1.165) is 26.1 Å². The molecule has 3 aliphatic heterocycles. The number of hydrogen-bond donors (Lipinski definition) is 0. The summed E-state index contributed by atoms with van der Waals surface area (Å²) in [5.74, 6) is 0.320. The smallest absolute Gasteiger partial charge is 0.233 e. The highest BCUT2D eigenvalue weighted by Crippen LogP contribution is 2.32. The van der Waals surface area contributed by atoms with E-state index in [0.29, 0.717) is 25.2 Å². The van der Waals surface area contributed by atoms with Crippen LogP contribution < -0.4 is 0 Å². The first kappa shape index (κ1) is 9.60. The van der Waals surface area contributed by atoms with Gasteiger partial charge in [0.15, 0.2) is 0 Å². The van der Waals surface area contributed by atoms with Crippen LogP contribution in [0.25, 0.3) is 0 Å². The highest BCUT2D eigenvalue weighted by Gasteiger charge is 2.47. The molecule has 3 fully saturated rings. The average Bonchev–Trinajstić information content (AvgIpc) is 2.56. The summed E-state index contributed by atoms with van der Waals surface area (Å²) in [7, 11) is 0. The fourth-order valence-electron chi connectivity index (χ4n) is 2.85. The van der Waals surface area contributed by atoms with Gasteiger partial charge in [-0.25, -0.2) is 0 Å². The summed E-state index contributed by atoms with van der Waals surface area (Å²) in [6.07, 6.45) is 1.16. The number of fused-ring (bicyclic) bond motifs is 2. The molecule has 3 saturated heterocycles. The predicted octanol–water partition coefficient (Wildman–Crippen LogP) is -0.0606. The molecule has 3 aliphatic rings. The van der Waals surface area contributed by atoms with Gasteiger partial charge in [-0.3, -0.25) is 9.69 Å². The maximum Gasteiger partial charge on any atom is 0.233 e. The molecule has 4 nitrogen and oxygen atoms in total. The van der Waals surface area contributed by atoms with E-state index in [2.05, 4.69) is 9.80 Å². The van der Waals surface area contributed by atoms with Crippen LogP contribution in [0.4, 0.5) is 0 Å². The second-order valence-electron chi connectivity index (χ2n) is 5.30. The lowest BCUT2D eigenvalue weighted by molar-refractivity contribution is -0.172. The molecular formula is C11H18N2O2. The van der Waals surface area contributed by atoms with Crippen molar-refractivity contribution in [2.45, 2.75) is 19.4 Å². The number of carbonyl (C=O) groups excluding carboxylic acids is 1. The second kappa shape index (κ2) is 3.19. The van der Waals surface area contributed by atoms with Crippen molar-refractivity contribution in [2.24, 2.45) is 5.41 Å². The maximum absolute atomic E-state index is 12.3. The van der Waals surface area contributed by atoms with Gasteiger partial charge < -0.3 is 9.64 Å². The van der Waals surface area contributed by atoms with Crippen molar-refractivity contribution in [3.8, 4) is 0 Å². The molecule has 0 radical (unpaired) electrons. The number of rotatable bonds is 1. The van der Waals surface area contributed by atoms with Gasteiger partial charge in [0.1, 0.15) is 0 Å². The van der Waals surface area contributed by atoms with Gasteiger partial charge in [0.05, 0.1) is 18.6 Å². The van der Waals surface area contributed by atoms with Crippen LogP contribution in [0.15, 0.2) is 0 Å². The first-order valence-electron chi connectivity index (χ1n) is 5.80. The second-order valence-corrected chi connectivity index (χ2v) is 5.30. The molecule has 1 amide bonds. The zero-order valence-electron chi connectivity index (χ0n) is 9.24. The largest absolute Gasteiger partial charge is 0.379 e. The van der Waals surface area contributed by atoms with E-state index in [1.807, 2.05) is 6.92 Å². The van der Waals surface area contributed by atoms with E-state index in [4.69, 9.17) is 4.74 Å². The fraction of sp³-hybridized carbons (Fsp3) is 0.909. The Morgan fingerprint density at radius 1 is 1.33 bits per heavy atom. The lowest BCUT2D eigenvalue weighted by atomic mass is 9.86. The molecule has 0 aromatic carbocycles. The molecule has 4 heteroatoms. The zero-order chi connectivity index (χ0) is 10.5. The quantitative estimate of drug-likeness (QED) is 0.608. The Bertz CT molecular complexity index is 288. The fourth-order valence-corrected chi connectivity index (χ4v) is 2.85. The molecular weight excluding hydrogens is 192 g/mol. The van der Waals surface area contributed by atoms with Crippen LogP contribution in [0, 0.1) is 5.41 Å². The Balaban J connectivity index is 1.73. The van der Waals surface area contributed by atoms with Gasteiger partial charge in [-0.15, -0.1) is 0 Å². The maximum atomic E-state index is 12.3. The van der Waals surface area contributed by atoms with Gasteiger partial charge in [0.25, 0.3) is 0 Å². The Morgan fingerprint density at radius 3 is 2.80 bits per heavy atom. The Hall–Kier alpha value is -0.610. The third-order valence-corrected chi connectivity index (χ3v) is 3.96. The molecule has 0 N–H and O–H groups in total. The minimum atomic E-state index is -0.217. The van der Waals surface area contributed by atoms with Crippen LogP contribution >= 0.6 is 0 Å². The Morgan fingerprint density at radius 2 is 2.13 bits per heavy atom. The van der Waals surface area contributed by atoms with Gasteiger partial charge in [-0.1, -0.05) is 0 Å². The highest BCUT2D eigenvalue weighted by molar-refractivity contribution is 5.84. The van der Waals surface area contributed by atoms with E-state index < -0.39 is 0 Å². The number of carbonyl (C=O) groups is 1. The average molecular weight is 210 g/mol. The molecule has 3 heterocycles. The van der Waals surface area contributed by atoms with Crippen LogP contribution in [0.5, 0.6) is 0 Å². The number of amides is 1. The number of piperazine rings is 1. The topological polar surface area (TPSA) is 32.8 Å². The summed E-state index contributed by atoms with van der Waals surface area (Å²) >= 11 is 0. The van der Waals surface area contributed by atoms with E-state index in [-0.39, 0.29) is 5.41 Å². The first-order chi connectivity index (χ1) is 7.19. The number of hydrogen-bond acceptors (Lipinski definition) is 3. The van der Waals surface area contributed by atoms with Crippen molar-refractivity contribution >= 4 is 5.91 Å². The molecule has 0 aliphatic carbocycles. The van der Waals surface area contributed by atoms with Gasteiger partial charge in [0.2, 0.25) is 5.91 Å². The molecule has 3 rings (SSSR count). The minimum absolute atomic E-state index is 0.217. The summed E-state index contributed by atoms with van der Waals surface area (Å²) in [6, 6.07) is 0.476. The van der Waals surface area contributed by atoms with Crippen molar-refractivity contribution in [2.75, 3.05) is 39.4 Å². The molecule has 2 atom stereocenters. The van der Waals surface area contributed by atoms with E-state index in [9.17, 15) is 4.79 Å². The lowest BCUT2D eigenvalue weighted by Crippen LogP contribution is -2.59. The number of ether oxygens (including phenoxy) is 1. The lowest BCUT2D eigenvalue weighted by Gasteiger charge is -2.44. The molecule has 2 bridgehead atoms. The first-order valence-corrected chi connectivity index (χ1v) is 5.80. The molecule has 2 unspecified atom stereocenters. The van der Waals surface area contributed by atoms with Crippen LogP contribution in [0.2, 0.25) is 0 Å². The predicted molar refractivity (Wildman–Crippen MR) is 55.5 cm³/mol. The van der Waals surface area contributed by atoms with Crippen molar-refractivity contribution in [3.05, 3.63) is 0 Å². The van der Waals surface area contributed by atoms with Gasteiger partial charge in [-0.2, -0.15) is 0 Å². The van der Waals surface area contributed by atoms with Crippen molar-refractivity contribution in [1.29, 1.82) is 0 Å². The summed E-state index contributed by atoms with van der Waals surface area (Å²) in [5, 5.41) is 0. The van der Waals surface area contributed by atoms with E-state index in [1.54, 1.807) is 0 Å². The third-order valence-electron chi connectivity index (χ3n) is 3.96. The number of nitrogens with zero attached hydrogens (tertiary/aromatic N) is 2.